The maximum atomic E-state index is 13.1. The van der Waals surface area contributed by atoms with Crippen LogP contribution in [-0.2, 0) is 13.1 Å². The third-order valence-corrected chi connectivity index (χ3v) is 6.63. The molecular weight excluding hydrogens is 454 g/mol. The van der Waals surface area contributed by atoms with Crippen molar-refractivity contribution in [1.82, 2.24) is 25.2 Å². The van der Waals surface area contributed by atoms with Gasteiger partial charge in [0.25, 0.3) is 5.91 Å². The first kappa shape index (κ1) is 20.4. The van der Waals surface area contributed by atoms with Crippen LogP contribution in [0.3, 0.4) is 0 Å². The summed E-state index contributed by atoms with van der Waals surface area (Å²) in [7, 11) is 0. The lowest BCUT2D eigenvalue weighted by molar-refractivity contribution is 0.0944. The molecule has 1 amide bonds. The van der Waals surface area contributed by atoms with Crippen molar-refractivity contribution >= 4 is 21.8 Å². The van der Waals surface area contributed by atoms with Crippen molar-refractivity contribution in [3.05, 3.63) is 75.5 Å². The smallest absolute Gasteiger partial charge is 0.274 e. The number of amides is 1. The van der Waals surface area contributed by atoms with E-state index in [1.165, 1.54) is 18.4 Å². The lowest BCUT2D eigenvalue weighted by Gasteiger charge is -2.17. The fourth-order valence-corrected chi connectivity index (χ4v) is 4.54. The Bertz CT molecular complexity index is 1070. The Morgan fingerprint density at radius 3 is 2.45 bits per heavy atom. The minimum Gasteiger partial charge on any atom is -0.346 e. The van der Waals surface area contributed by atoms with Crippen LogP contribution < -0.4 is 5.32 Å². The summed E-state index contributed by atoms with van der Waals surface area (Å²) < 4.78 is 2.83. The van der Waals surface area contributed by atoms with E-state index >= 15 is 0 Å². The molecule has 0 bridgehead atoms. The Kier molecular flexibility index (Phi) is 5.87. The molecule has 6 nitrogen and oxygen atoms in total. The molecule has 7 heteroatoms. The van der Waals surface area contributed by atoms with Crippen LogP contribution in [0.15, 0.2) is 53.0 Å². The van der Waals surface area contributed by atoms with Gasteiger partial charge in [-0.1, -0.05) is 45.4 Å². The molecule has 1 aliphatic carbocycles. The molecule has 0 unspecified atom stereocenters. The summed E-state index contributed by atoms with van der Waals surface area (Å²) in [6, 6.07) is 16.3. The molecule has 1 saturated heterocycles. The molecule has 160 valence electrons. The molecule has 2 fully saturated rings. The number of hydrogen-bond acceptors (Lipinski definition) is 4. The predicted molar refractivity (Wildman–Crippen MR) is 123 cm³/mol. The minimum absolute atomic E-state index is 0.152. The van der Waals surface area contributed by atoms with E-state index in [-0.39, 0.29) is 5.91 Å². The van der Waals surface area contributed by atoms with Gasteiger partial charge >= 0.3 is 0 Å². The lowest BCUT2D eigenvalue weighted by atomic mass is 10.1. The number of nitrogens with one attached hydrogen (secondary N) is 1. The van der Waals surface area contributed by atoms with E-state index in [1.54, 1.807) is 0 Å². The summed E-state index contributed by atoms with van der Waals surface area (Å²) in [5.74, 6) is 0.197. The zero-order valence-electron chi connectivity index (χ0n) is 17.4. The van der Waals surface area contributed by atoms with Crippen molar-refractivity contribution in [2.45, 2.75) is 44.7 Å². The molecule has 1 aliphatic heterocycles. The van der Waals surface area contributed by atoms with Gasteiger partial charge < -0.3 is 5.32 Å². The molecule has 2 heterocycles. The molecule has 0 atom stereocenters. The van der Waals surface area contributed by atoms with E-state index in [0.717, 1.165) is 53.9 Å². The average Bonchev–Trinajstić information content (AvgIpc) is 3.31. The number of rotatable bonds is 7. The maximum absolute atomic E-state index is 13.1. The normalized spacial score (nSPS) is 16.5. The molecule has 0 radical (unpaired) electrons. The van der Waals surface area contributed by atoms with Gasteiger partial charge in [0.15, 0.2) is 5.69 Å². The average molecular weight is 480 g/mol. The molecule has 1 N–H and O–H groups in total. The summed E-state index contributed by atoms with van der Waals surface area (Å²) in [4.78, 5) is 15.6. The van der Waals surface area contributed by atoms with Gasteiger partial charge in [0.2, 0.25) is 0 Å². The first-order valence-electron chi connectivity index (χ1n) is 11.0. The third-order valence-electron chi connectivity index (χ3n) is 6.11. The second-order valence-corrected chi connectivity index (χ2v) is 9.34. The number of nitrogens with zero attached hydrogens (tertiary/aromatic N) is 4. The summed E-state index contributed by atoms with van der Waals surface area (Å²) in [6.45, 7) is 3.76. The highest BCUT2D eigenvalue weighted by molar-refractivity contribution is 9.10. The van der Waals surface area contributed by atoms with Crippen LogP contribution in [0.4, 0.5) is 0 Å². The van der Waals surface area contributed by atoms with Gasteiger partial charge in [-0.15, -0.1) is 5.10 Å². The topological polar surface area (TPSA) is 63.1 Å². The Hall–Kier alpha value is -2.51. The summed E-state index contributed by atoms with van der Waals surface area (Å²) in [6.07, 6.45) is 4.69. The predicted octanol–water partition coefficient (Wildman–Crippen LogP) is 4.43. The summed E-state index contributed by atoms with van der Waals surface area (Å²) in [5.41, 5.74) is 4.74. The highest BCUT2D eigenvalue weighted by Gasteiger charge is 2.34. The van der Waals surface area contributed by atoms with Crippen LogP contribution in [-0.4, -0.2) is 38.9 Å². The van der Waals surface area contributed by atoms with Crippen molar-refractivity contribution in [2.75, 3.05) is 13.1 Å². The fraction of sp³-hybridized carbons (Fsp3) is 0.375. The van der Waals surface area contributed by atoms with Gasteiger partial charge in [0.05, 0.1) is 11.4 Å². The maximum Gasteiger partial charge on any atom is 0.274 e. The van der Waals surface area contributed by atoms with E-state index in [2.05, 4.69) is 54.7 Å². The largest absolute Gasteiger partial charge is 0.346 e. The zero-order chi connectivity index (χ0) is 21.2. The molecular formula is C24H26BrN5O. The standard InChI is InChI=1S/C24H26BrN5O/c25-20-9-11-21(12-10-20)30-23(17-7-8-17)22(27-28-30)24(31)26-15-18-5-1-2-6-19(18)16-29-13-3-4-14-29/h1-2,5-6,9-12,17H,3-4,7-8,13-16H2,(H,26,31). The van der Waals surface area contributed by atoms with Crippen molar-refractivity contribution in [3.63, 3.8) is 0 Å². The number of carbonyl (C=O) groups is 1. The van der Waals surface area contributed by atoms with E-state index in [1.807, 2.05) is 35.0 Å². The lowest BCUT2D eigenvalue weighted by Crippen LogP contribution is -2.26. The number of aromatic nitrogens is 3. The van der Waals surface area contributed by atoms with E-state index in [4.69, 9.17) is 0 Å². The highest BCUT2D eigenvalue weighted by Crippen LogP contribution is 2.42. The van der Waals surface area contributed by atoms with Crippen LogP contribution in [0.2, 0.25) is 0 Å². The quantitative estimate of drug-likeness (QED) is 0.544. The first-order chi connectivity index (χ1) is 15.2. The Labute approximate surface area is 190 Å². The van der Waals surface area contributed by atoms with Crippen LogP contribution >= 0.6 is 15.9 Å². The molecule has 1 saturated carbocycles. The third kappa shape index (κ3) is 4.57. The van der Waals surface area contributed by atoms with Crippen LogP contribution in [0.5, 0.6) is 0 Å². The summed E-state index contributed by atoms with van der Waals surface area (Å²) >= 11 is 3.47. The second kappa shape index (κ2) is 8.93. The molecule has 5 rings (SSSR count). The van der Waals surface area contributed by atoms with Crippen molar-refractivity contribution in [3.8, 4) is 5.69 Å². The van der Waals surface area contributed by atoms with E-state index < -0.39 is 0 Å². The van der Waals surface area contributed by atoms with E-state index in [9.17, 15) is 4.79 Å². The first-order valence-corrected chi connectivity index (χ1v) is 11.8. The van der Waals surface area contributed by atoms with Gasteiger partial charge in [-0.05, 0) is 74.2 Å². The molecule has 0 spiro atoms. The number of carbonyl (C=O) groups excluding carboxylic acids is 1. The summed E-state index contributed by atoms with van der Waals surface area (Å²) in [5, 5.41) is 11.7. The highest BCUT2D eigenvalue weighted by atomic mass is 79.9. The number of halogens is 1. The van der Waals surface area contributed by atoms with Gasteiger partial charge in [0, 0.05) is 23.5 Å². The van der Waals surface area contributed by atoms with E-state index in [0.29, 0.717) is 18.2 Å². The molecule has 1 aromatic heterocycles. The second-order valence-electron chi connectivity index (χ2n) is 8.42. The molecule has 31 heavy (non-hydrogen) atoms. The molecule has 3 aromatic rings. The Morgan fingerprint density at radius 1 is 1.03 bits per heavy atom. The van der Waals surface area contributed by atoms with Gasteiger partial charge in [0.1, 0.15) is 0 Å². The minimum atomic E-state index is -0.152. The fourth-order valence-electron chi connectivity index (χ4n) is 4.27. The van der Waals surface area contributed by atoms with Crippen molar-refractivity contribution in [2.24, 2.45) is 0 Å². The van der Waals surface area contributed by atoms with Crippen molar-refractivity contribution < 1.29 is 4.79 Å². The number of likely N-dealkylation sites (tertiary alicyclic amines) is 1. The molecule has 2 aliphatic rings. The van der Waals surface area contributed by atoms with Gasteiger partial charge in [-0.25, -0.2) is 4.68 Å². The zero-order valence-corrected chi connectivity index (χ0v) is 19.0. The van der Waals surface area contributed by atoms with Crippen molar-refractivity contribution in [1.29, 1.82) is 0 Å². The van der Waals surface area contributed by atoms with Gasteiger partial charge in [-0.2, -0.15) is 0 Å². The van der Waals surface area contributed by atoms with Crippen LogP contribution in [0, 0.1) is 0 Å². The van der Waals surface area contributed by atoms with Crippen LogP contribution in [0.1, 0.15) is 58.9 Å². The number of benzene rings is 2. The Morgan fingerprint density at radius 2 is 1.74 bits per heavy atom. The SMILES string of the molecule is O=C(NCc1ccccc1CN1CCCC1)c1nnn(-c2ccc(Br)cc2)c1C1CC1. The Balaban J connectivity index is 1.33. The monoisotopic (exact) mass is 479 g/mol. The molecule has 2 aromatic carbocycles. The van der Waals surface area contributed by atoms with Crippen LogP contribution in [0.25, 0.3) is 5.69 Å². The van der Waals surface area contributed by atoms with Gasteiger partial charge in [-0.3, -0.25) is 9.69 Å². The number of hydrogen-bond donors (Lipinski definition) is 1.